The van der Waals surface area contributed by atoms with Gasteiger partial charge in [0.1, 0.15) is 17.3 Å². The number of fused-ring (bicyclic) bond motifs is 1. The quantitative estimate of drug-likeness (QED) is 0.799. The van der Waals surface area contributed by atoms with Crippen LogP contribution in [0.4, 0.5) is 15.8 Å². The molecule has 2 N–H and O–H groups in total. The predicted molar refractivity (Wildman–Crippen MR) is 105 cm³/mol. The third-order valence-corrected chi connectivity index (χ3v) is 5.55. The van der Waals surface area contributed by atoms with Gasteiger partial charge in [0.2, 0.25) is 11.8 Å². The molecule has 1 aliphatic carbocycles. The van der Waals surface area contributed by atoms with Crippen molar-refractivity contribution in [2.24, 2.45) is 0 Å². The molecule has 2 amide bonds. The molecule has 2 aromatic rings. The average molecular weight is 388 g/mol. The average Bonchev–Trinajstić information content (AvgIpc) is 2.63. The molecule has 1 atom stereocenters. The van der Waals surface area contributed by atoms with E-state index in [1.165, 1.54) is 29.8 Å². The number of nitrogens with one attached hydrogen (secondary N) is 2. The van der Waals surface area contributed by atoms with E-state index in [0.29, 0.717) is 5.69 Å². The molecule has 142 valence electrons. The van der Waals surface area contributed by atoms with Gasteiger partial charge in [-0.2, -0.15) is 0 Å². The van der Waals surface area contributed by atoms with Crippen LogP contribution in [0.2, 0.25) is 0 Å². The van der Waals surface area contributed by atoms with Crippen molar-refractivity contribution < 1.29 is 18.2 Å². The van der Waals surface area contributed by atoms with Crippen LogP contribution in [-0.2, 0) is 33.2 Å². The van der Waals surface area contributed by atoms with E-state index < -0.39 is 22.5 Å². The standard InChI is InChI=1S/C20H21FN2O3S/c21-15-8-10-16(11-9-15)22-19(24)12-27(26)13-20(25)23-18-7-3-5-14-4-1-2-6-17(14)18/h3,5,7-11H,1-2,4,6,12-13H2,(H,22,24)(H,23,25)/t27-/m1/s1. The Hall–Kier alpha value is -2.54. The summed E-state index contributed by atoms with van der Waals surface area (Å²) in [7, 11) is -1.63. The number of carbonyl (C=O) groups excluding carboxylic acids is 2. The second kappa shape index (κ2) is 8.90. The van der Waals surface area contributed by atoms with E-state index in [-0.39, 0.29) is 17.4 Å². The fourth-order valence-corrected chi connectivity index (χ4v) is 3.99. The summed E-state index contributed by atoms with van der Waals surface area (Å²) in [6, 6.07) is 11.1. The Morgan fingerprint density at radius 3 is 2.33 bits per heavy atom. The van der Waals surface area contributed by atoms with Gasteiger partial charge in [0, 0.05) is 22.2 Å². The van der Waals surface area contributed by atoms with Crippen molar-refractivity contribution in [3.05, 3.63) is 59.4 Å². The number of rotatable bonds is 6. The highest BCUT2D eigenvalue weighted by Crippen LogP contribution is 2.27. The summed E-state index contributed by atoms with van der Waals surface area (Å²) in [5.41, 5.74) is 3.58. The van der Waals surface area contributed by atoms with Gasteiger partial charge >= 0.3 is 0 Å². The van der Waals surface area contributed by atoms with Crippen LogP contribution in [0, 0.1) is 5.82 Å². The van der Waals surface area contributed by atoms with E-state index in [0.717, 1.165) is 36.9 Å². The van der Waals surface area contributed by atoms with Gasteiger partial charge in [-0.3, -0.25) is 13.8 Å². The fourth-order valence-electron chi connectivity index (χ4n) is 3.16. The van der Waals surface area contributed by atoms with Crippen LogP contribution in [0.5, 0.6) is 0 Å². The van der Waals surface area contributed by atoms with Crippen LogP contribution in [-0.4, -0.2) is 27.5 Å². The van der Waals surface area contributed by atoms with Gasteiger partial charge in [0.15, 0.2) is 0 Å². The molecule has 5 nitrogen and oxygen atoms in total. The maximum Gasteiger partial charge on any atom is 0.237 e. The molecule has 27 heavy (non-hydrogen) atoms. The summed E-state index contributed by atoms with van der Waals surface area (Å²) in [6.45, 7) is 0. The lowest BCUT2D eigenvalue weighted by Gasteiger charge is -2.19. The van der Waals surface area contributed by atoms with Crippen molar-refractivity contribution in [3.63, 3.8) is 0 Å². The van der Waals surface area contributed by atoms with Crippen molar-refractivity contribution in [2.75, 3.05) is 22.1 Å². The molecule has 0 saturated heterocycles. The summed E-state index contributed by atoms with van der Waals surface area (Å²) in [6.07, 6.45) is 4.18. The normalized spacial score (nSPS) is 14.1. The molecule has 0 aromatic heterocycles. The van der Waals surface area contributed by atoms with Crippen LogP contribution >= 0.6 is 0 Å². The summed E-state index contributed by atoms with van der Waals surface area (Å²) in [5.74, 6) is -1.80. The Kier molecular flexibility index (Phi) is 6.34. The van der Waals surface area contributed by atoms with Crippen LogP contribution in [0.3, 0.4) is 0 Å². The Morgan fingerprint density at radius 1 is 0.926 bits per heavy atom. The van der Waals surface area contributed by atoms with E-state index >= 15 is 0 Å². The summed E-state index contributed by atoms with van der Waals surface area (Å²) in [4.78, 5) is 24.1. The van der Waals surface area contributed by atoms with Crippen LogP contribution in [0.15, 0.2) is 42.5 Å². The molecular formula is C20H21FN2O3S. The van der Waals surface area contributed by atoms with E-state index in [2.05, 4.69) is 16.7 Å². The lowest BCUT2D eigenvalue weighted by molar-refractivity contribution is -0.114. The van der Waals surface area contributed by atoms with E-state index in [9.17, 15) is 18.2 Å². The monoisotopic (exact) mass is 388 g/mol. The molecule has 0 heterocycles. The Bertz CT molecular complexity index is 868. The first-order valence-electron chi connectivity index (χ1n) is 8.82. The van der Waals surface area contributed by atoms with Crippen molar-refractivity contribution in [2.45, 2.75) is 25.7 Å². The molecule has 0 fully saturated rings. The SMILES string of the molecule is O=C(C[S@@](=O)CC(=O)Nc1cccc2c1CCCC2)Nc1ccc(F)cc1. The number of halogens is 1. The molecule has 2 aromatic carbocycles. The van der Waals surface area contributed by atoms with Gasteiger partial charge in [-0.25, -0.2) is 4.39 Å². The smallest absolute Gasteiger partial charge is 0.237 e. The molecule has 0 saturated carbocycles. The van der Waals surface area contributed by atoms with E-state index in [4.69, 9.17) is 0 Å². The third kappa shape index (κ3) is 5.47. The number of benzene rings is 2. The number of aryl methyl sites for hydroxylation is 1. The van der Waals surface area contributed by atoms with Crippen molar-refractivity contribution in [3.8, 4) is 0 Å². The highest BCUT2D eigenvalue weighted by Gasteiger charge is 2.17. The maximum atomic E-state index is 12.9. The highest BCUT2D eigenvalue weighted by molar-refractivity contribution is 7.86. The molecule has 7 heteroatoms. The zero-order valence-electron chi connectivity index (χ0n) is 14.8. The first kappa shape index (κ1) is 19.2. The van der Waals surface area contributed by atoms with Gasteiger partial charge in [-0.05, 0) is 67.1 Å². The predicted octanol–water partition coefficient (Wildman–Crippen LogP) is 3.03. The minimum absolute atomic E-state index is 0.249. The largest absolute Gasteiger partial charge is 0.325 e. The van der Waals surface area contributed by atoms with E-state index in [1.54, 1.807) is 0 Å². The lowest BCUT2D eigenvalue weighted by atomic mass is 9.90. The van der Waals surface area contributed by atoms with Crippen LogP contribution < -0.4 is 10.6 Å². The molecule has 3 rings (SSSR count). The van der Waals surface area contributed by atoms with Crippen molar-refractivity contribution in [1.29, 1.82) is 0 Å². The first-order valence-corrected chi connectivity index (χ1v) is 10.3. The molecule has 0 aliphatic heterocycles. The second-order valence-electron chi connectivity index (χ2n) is 6.48. The molecule has 0 spiro atoms. The van der Waals surface area contributed by atoms with Gasteiger partial charge in [0.05, 0.1) is 0 Å². The van der Waals surface area contributed by atoms with Gasteiger partial charge < -0.3 is 10.6 Å². The summed E-state index contributed by atoms with van der Waals surface area (Å²) >= 11 is 0. The van der Waals surface area contributed by atoms with Crippen molar-refractivity contribution in [1.82, 2.24) is 0 Å². The molecule has 0 radical (unpaired) electrons. The summed E-state index contributed by atoms with van der Waals surface area (Å²) in [5, 5.41) is 5.36. The molecular weight excluding hydrogens is 367 g/mol. The maximum absolute atomic E-state index is 12.9. The molecule has 1 aliphatic rings. The van der Waals surface area contributed by atoms with Gasteiger partial charge in [0.25, 0.3) is 0 Å². The lowest BCUT2D eigenvalue weighted by Crippen LogP contribution is -2.26. The minimum atomic E-state index is -1.63. The van der Waals surface area contributed by atoms with Crippen LogP contribution in [0.25, 0.3) is 0 Å². The Labute approximate surface area is 159 Å². The number of carbonyl (C=O) groups is 2. The summed E-state index contributed by atoms with van der Waals surface area (Å²) < 4.78 is 25.0. The van der Waals surface area contributed by atoms with Crippen LogP contribution in [0.1, 0.15) is 24.0 Å². The fraction of sp³-hybridized carbons (Fsp3) is 0.300. The number of hydrogen-bond acceptors (Lipinski definition) is 3. The van der Waals surface area contributed by atoms with Crippen molar-refractivity contribution >= 4 is 34.0 Å². The highest BCUT2D eigenvalue weighted by atomic mass is 32.2. The molecule has 0 bridgehead atoms. The third-order valence-electron chi connectivity index (χ3n) is 4.38. The molecule has 0 unspecified atom stereocenters. The zero-order chi connectivity index (χ0) is 19.2. The van der Waals surface area contributed by atoms with E-state index in [1.807, 2.05) is 12.1 Å². The Balaban J connectivity index is 1.51. The topological polar surface area (TPSA) is 75.3 Å². The van der Waals surface area contributed by atoms with Gasteiger partial charge in [-0.1, -0.05) is 12.1 Å². The number of anilines is 2. The Morgan fingerprint density at radius 2 is 1.59 bits per heavy atom. The first-order chi connectivity index (χ1) is 13.0. The van der Waals surface area contributed by atoms with Gasteiger partial charge in [-0.15, -0.1) is 0 Å². The second-order valence-corrected chi connectivity index (χ2v) is 7.94. The minimum Gasteiger partial charge on any atom is -0.325 e. The number of amides is 2. The number of hydrogen-bond donors (Lipinski definition) is 2. The zero-order valence-corrected chi connectivity index (χ0v) is 15.6.